The zero-order chi connectivity index (χ0) is 20.2. The van der Waals surface area contributed by atoms with Gasteiger partial charge in [0, 0.05) is 6.42 Å². The Hall–Kier alpha value is -2.28. The molecule has 2 aliphatic rings. The first-order valence-electron chi connectivity index (χ1n) is 10.2. The third kappa shape index (κ3) is 4.76. The Morgan fingerprint density at radius 2 is 1.71 bits per heavy atom. The molecule has 1 aliphatic carbocycles. The van der Waals surface area contributed by atoms with Crippen LogP contribution < -0.4 is 16.2 Å². The molecule has 1 spiro atoms. The lowest BCUT2D eigenvalue weighted by atomic mass is 9.87. The van der Waals surface area contributed by atoms with E-state index < -0.39 is 5.66 Å². The van der Waals surface area contributed by atoms with Gasteiger partial charge in [-0.05, 0) is 48.8 Å². The Bertz CT molecular complexity index is 715. The van der Waals surface area contributed by atoms with E-state index in [-0.39, 0.29) is 17.3 Å². The van der Waals surface area contributed by atoms with E-state index in [1.54, 1.807) is 5.06 Å². The van der Waals surface area contributed by atoms with Gasteiger partial charge in [-0.25, -0.2) is 4.99 Å². The minimum atomic E-state index is -0.502. The monoisotopic (exact) mass is 387 g/mol. The lowest BCUT2D eigenvalue weighted by molar-refractivity contribution is -0.178. The van der Waals surface area contributed by atoms with Gasteiger partial charge in [-0.3, -0.25) is 4.84 Å². The zero-order valence-electron chi connectivity index (χ0n) is 17.3. The molecule has 4 N–H and O–H groups in total. The van der Waals surface area contributed by atoms with Gasteiger partial charge < -0.3 is 16.2 Å². The molecule has 1 aliphatic heterocycles. The summed E-state index contributed by atoms with van der Waals surface area (Å²) < 4.78 is 5.84. The average Bonchev–Trinajstić information content (AvgIpc) is 2.63. The molecular weight excluding hydrogens is 354 g/mol. The second-order valence-electron chi connectivity index (χ2n) is 8.59. The SMILES string of the molecule is CC(C)(C)c1ccc(OCCCON2C(N)=NC(N)=NC23CCCCC3)cc1. The van der Waals surface area contributed by atoms with E-state index in [0.29, 0.717) is 13.2 Å². The summed E-state index contributed by atoms with van der Waals surface area (Å²) in [6.07, 6.45) is 5.85. The summed E-state index contributed by atoms with van der Waals surface area (Å²) in [5.74, 6) is 1.39. The van der Waals surface area contributed by atoms with Crippen LogP contribution in [0.2, 0.25) is 0 Å². The van der Waals surface area contributed by atoms with Crippen LogP contribution in [0.4, 0.5) is 0 Å². The van der Waals surface area contributed by atoms with Gasteiger partial charge in [0.1, 0.15) is 5.75 Å². The van der Waals surface area contributed by atoms with Crippen molar-refractivity contribution in [1.29, 1.82) is 0 Å². The number of hydrogen-bond donors (Lipinski definition) is 2. The van der Waals surface area contributed by atoms with Crippen LogP contribution in [0.1, 0.15) is 64.9 Å². The molecule has 154 valence electrons. The number of benzene rings is 1. The predicted molar refractivity (Wildman–Crippen MR) is 112 cm³/mol. The first kappa shape index (κ1) is 20.5. The van der Waals surface area contributed by atoms with Crippen LogP contribution in [0.3, 0.4) is 0 Å². The second kappa shape index (κ2) is 8.39. The highest BCUT2D eigenvalue weighted by molar-refractivity contribution is 5.95. The molecule has 1 heterocycles. The minimum absolute atomic E-state index is 0.142. The molecule has 0 aromatic heterocycles. The van der Waals surface area contributed by atoms with Gasteiger partial charge in [-0.1, -0.05) is 39.3 Å². The van der Waals surface area contributed by atoms with E-state index in [4.69, 9.17) is 21.0 Å². The number of guanidine groups is 2. The van der Waals surface area contributed by atoms with E-state index in [9.17, 15) is 0 Å². The van der Waals surface area contributed by atoms with Gasteiger partial charge in [0.05, 0.1) is 13.2 Å². The van der Waals surface area contributed by atoms with Crippen molar-refractivity contribution < 1.29 is 9.57 Å². The molecule has 7 nitrogen and oxygen atoms in total. The molecule has 28 heavy (non-hydrogen) atoms. The summed E-state index contributed by atoms with van der Waals surface area (Å²) in [5, 5.41) is 1.67. The maximum absolute atomic E-state index is 6.09. The first-order valence-corrected chi connectivity index (χ1v) is 10.2. The normalized spacial score (nSPS) is 19.3. The molecule has 1 aromatic carbocycles. The third-order valence-electron chi connectivity index (χ3n) is 5.29. The molecule has 0 bridgehead atoms. The Morgan fingerprint density at radius 3 is 2.36 bits per heavy atom. The van der Waals surface area contributed by atoms with Crippen LogP contribution >= 0.6 is 0 Å². The van der Waals surface area contributed by atoms with Gasteiger partial charge >= 0.3 is 0 Å². The molecule has 0 saturated heterocycles. The van der Waals surface area contributed by atoms with Crippen LogP contribution in [0.25, 0.3) is 0 Å². The van der Waals surface area contributed by atoms with Crippen molar-refractivity contribution in [3.63, 3.8) is 0 Å². The number of nitrogens with zero attached hydrogens (tertiary/aromatic N) is 3. The van der Waals surface area contributed by atoms with Crippen molar-refractivity contribution in [2.45, 2.75) is 70.4 Å². The van der Waals surface area contributed by atoms with Gasteiger partial charge in [-0.15, -0.1) is 0 Å². The van der Waals surface area contributed by atoms with Gasteiger partial charge in [0.2, 0.25) is 11.9 Å². The Kier molecular flexibility index (Phi) is 6.13. The Balaban J connectivity index is 1.48. The smallest absolute Gasteiger partial charge is 0.226 e. The fraction of sp³-hybridized carbons (Fsp3) is 0.619. The summed E-state index contributed by atoms with van der Waals surface area (Å²) >= 11 is 0. The molecule has 0 amide bonds. The van der Waals surface area contributed by atoms with Crippen molar-refractivity contribution in [3.8, 4) is 5.75 Å². The predicted octanol–water partition coefficient (Wildman–Crippen LogP) is 3.29. The van der Waals surface area contributed by atoms with Gasteiger partial charge in [0.25, 0.3) is 0 Å². The molecule has 0 unspecified atom stereocenters. The number of aliphatic imine (C=N–C) groups is 2. The third-order valence-corrected chi connectivity index (χ3v) is 5.29. The highest BCUT2D eigenvalue weighted by Gasteiger charge is 2.42. The van der Waals surface area contributed by atoms with E-state index in [0.717, 1.165) is 37.9 Å². The minimum Gasteiger partial charge on any atom is -0.494 e. The standard InChI is InChI=1S/C21H33N5O2/c1-20(2,3)16-8-10-17(11-9-16)27-14-7-15-28-26-19(23)24-18(22)25-21(26)12-5-4-6-13-21/h8-11H,4-7,12-15H2,1-3H3,(H4,22,23,24,25). The summed E-state index contributed by atoms with van der Waals surface area (Å²) in [5.41, 5.74) is 12.9. The van der Waals surface area contributed by atoms with Gasteiger partial charge in [0.15, 0.2) is 5.66 Å². The van der Waals surface area contributed by atoms with Crippen molar-refractivity contribution in [2.24, 2.45) is 21.5 Å². The lowest BCUT2D eigenvalue weighted by Gasteiger charge is -2.44. The van der Waals surface area contributed by atoms with Crippen LogP contribution in [-0.4, -0.2) is 35.9 Å². The van der Waals surface area contributed by atoms with Crippen molar-refractivity contribution in [2.75, 3.05) is 13.2 Å². The summed E-state index contributed by atoms with van der Waals surface area (Å²) in [7, 11) is 0. The van der Waals surface area contributed by atoms with Crippen LogP contribution in [-0.2, 0) is 10.3 Å². The highest BCUT2D eigenvalue weighted by atomic mass is 16.7. The molecule has 0 radical (unpaired) electrons. The molecule has 1 aromatic rings. The van der Waals surface area contributed by atoms with Gasteiger partial charge in [-0.2, -0.15) is 10.1 Å². The molecule has 0 atom stereocenters. The van der Waals surface area contributed by atoms with Crippen LogP contribution in [0.5, 0.6) is 5.75 Å². The lowest BCUT2D eigenvalue weighted by Crippen LogP contribution is -2.57. The molecular formula is C21H33N5O2. The van der Waals surface area contributed by atoms with Crippen LogP contribution in [0.15, 0.2) is 34.3 Å². The number of hydroxylamine groups is 2. The van der Waals surface area contributed by atoms with Crippen LogP contribution in [0, 0.1) is 0 Å². The van der Waals surface area contributed by atoms with Crippen molar-refractivity contribution >= 4 is 11.9 Å². The van der Waals surface area contributed by atoms with E-state index in [1.807, 2.05) is 12.1 Å². The number of ether oxygens (including phenoxy) is 1. The van der Waals surface area contributed by atoms with E-state index in [1.165, 1.54) is 12.0 Å². The summed E-state index contributed by atoms with van der Waals surface area (Å²) in [6, 6.07) is 8.27. The quantitative estimate of drug-likeness (QED) is 0.730. The average molecular weight is 388 g/mol. The first-order chi connectivity index (χ1) is 13.3. The second-order valence-corrected chi connectivity index (χ2v) is 8.59. The highest BCUT2D eigenvalue weighted by Crippen LogP contribution is 2.36. The zero-order valence-corrected chi connectivity index (χ0v) is 17.3. The number of hydrogen-bond acceptors (Lipinski definition) is 7. The van der Waals surface area contributed by atoms with Crippen molar-refractivity contribution in [3.05, 3.63) is 29.8 Å². The molecule has 1 fully saturated rings. The molecule has 7 heteroatoms. The Labute approximate surface area is 167 Å². The van der Waals surface area contributed by atoms with E-state index >= 15 is 0 Å². The number of nitrogens with two attached hydrogens (primary N) is 2. The molecule has 3 rings (SSSR count). The summed E-state index contributed by atoms with van der Waals surface area (Å²) in [6.45, 7) is 7.65. The Morgan fingerprint density at radius 1 is 1.04 bits per heavy atom. The van der Waals surface area contributed by atoms with E-state index in [2.05, 4.69) is 42.9 Å². The maximum Gasteiger partial charge on any atom is 0.226 e. The maximum atomic E-state index is 6.09. The molecule has 1 saturated carbocycles. The largest absolute Gasteiger partial charge is 0.494 e. The topological polar surface area (TPSA) is 98.5 Å². The summed E-state index contributed by atoms with van der Waals surface area (Å²) in [4.78, 5) is 14.6. The fourth-order valence-electron chi connectivity index (χ4n) is 3.73. The van der Waals surface area contributed by atoms with Crippen molar-refractivity contribution in [1.82, 2.24) is 5.06 Å². The fourth-order valence-corrected chi connectivity index (χ4v) is 3.73. The number of rotatable bonds is 6.